The van der Waals surface area contributed by atoms with Crippen molar-refractivity contribution in [3.05, 3.63) is 23.8 Å². The fourth-order valence-electron chi connectivity index (χ4n) is 2.15. The zero-order valence-electron chi connectivity index (χ0n) is 14.9. The summed E-state index contributed by atoms with van der Waals surface area (Å²) < 4.78 is 10.8. The molecule has 0 aliphatic heterocycles. The van der Waals surface area contributed by atoms with Crippen molar-refractivity contribution in [1.29, 1.82) is 0 Å². The second kappa shape index (κ2) is 8.77. The monoisotopic (exact) mass is 322 g/mol. The molecule has 0 bridgehead atoms. The van der Waals surface area contributed by atoms with Crippen LogP contribution in [0.3, 0.4) is 0 Å². The highest BCUT2D eigenvalue weighted by Crippen LogP contribution is 2.28. The van der Waals surface area contributed by atoms with Gasteiger partial charge in [0.15, 0.2) is 11.5 Å². The quantitative estimate of drug-likeness (QED) is 0.721. The smallest absolute Gasteiger partial charge is 0.237 e. The average Bonchev–Trinajstić information content (AvgIpc) is 2.50. The third-order valence-corrected chi connectivity index (χ3v) is 3.68. The number of methoxy groups -OCH3 is 1. The van der Waals surface area contributed by atoms with Gasteiger partial charge in [-0.3, -0.25) is 4.79 Å². The summed E-state index contributed by atoms with van der Waals surface area (Å²) in [4.78, 5) is 12.0. The summed E-state index contributed by atoms with van der Waals surface area (Å²) in [7, 11) is 1.63. The van der Waals surface area contributed by atoms with Gasteiger partial charge in [0.25, 0.3) is 0 Å². The van der Waals surface area contributed by atoms with Gasteiger partial charge in [-0.1, -0.05) is 26.8 Å². The summed E-state index contributed by atoms with van der Waals surface area (Å²) in [5.74, 6) is 1.40. The second-order valence-electron chi connectivity index (χ2n) is 6.66. The van der Waals surface area contributed by atoms with Crippen LogP contribution in [0.1, 0.15) is 39.7 Å². The minimum absolute atomic E-state index is 0.0952. The Hall–Kier alpha value is -1.75. The lowest BCUT2D eigenvalue weighted by atomic mass is 9.87. The lowest BCUT2D eigenvalue weighted by Gasteiger charge is -2.25. The normalized spacial score (nSPS) is 12.6. The Bertz CT molecular complexity index is 509. The zero-order valence-corrected chi connectivity index (χ0v) is 14.9. The van der Waals surface area contributed by atoms with Crippen molar-refractivity contribution < 1.29 is 14.3 Å². The molecule has 0 aliphatic carbocycles. The molecule has 1 atom stereocenters. The molecule has 130 valence electrons. The van der Waals surface area contributed by atoms with E-state index in [1.54, 1.807) is 7.11 Å². The van der Waals surface area contributed by atoms with E-state index < -0.39 is 6.04 Å². The van der Waals surface area contributed by atoms with Crippen LogP contribution in [0.2, 0.25) is 0 Å². The highest BCUT2D eigenvalue weighted by molar-refractivity contribution is 5.82. The van der Waals surface area contributed by atoms with Crippen molar-refractivity contribution in [3.63, 3.8) is 0 Å². The number of hydrogen-bond donors (Lipinski definition) is 2. The molecular formula is C18H30N2O3. The van der Waals surface area contributed by atoms with Gasteiger partial charge in [-0.05, 0) is 42.9 Å². The molecule has 0 radical (unpaired) electrons. The van der Waals surface area contributed by atoms with Crippen molar-refractivity contribution in [2.75, 3.05) is 20.3 Å². The fraction of sp³-hybridized carbons (Fsp3) is 0.611. The van der Waals surface area contributed by atoms with Gasteiger partial charge in [-0.25, -0.2) is 0 Å². The first kappa shape index (κ1) is 19.3. The zero-order chi connectivity index (χ0) is 17.5. The predicted molar refractivity (Wildman–Crippen MR) is 92.9 cm³/mol. The number of ether oxygens (including phenoxy) is 2. The predicted octanol–water partition coefficient (Wildman–Crippen LogP) is 2.52. The molecule has 0 aromatic heterocycles. The van der Waals surface area contributed by atoms with Gasteiger partial charge in [0.05, 0.1) is 19.8 Å². The molecular weight excluding hydrogens is 292 g/mol. The van der Waals surface area contributed by atoms with E-state index in [9.17, 15) is 4.79 Å². The van der Waals surface area contributed by atoms with Crippen LogP contribution in [0.4, 0.5) is 0 Å². The van der Waals surface area contributed by atoms with Crippen molar-refractivity contribution in [2.45, 2.75) is 46.6 Å². The number of rotatable bonds is 8. The molecule has 0 spiro atoms. The van der Waals surface area contributed by atoms with E-state index in [1.165, 1.54) is 0 Å². The second-order valence-corrected chi connectivity index (χ2v) is 6.66. The third-order valence-electron chi connectivity index (χ3n) is 3.68. The van der Waals surface area contributed by atoms with Gasteiger partial charge in [0.2, 0.25) is 5.91 Å². The molecule has 23 heavy (non-hydrogen) atoms. The van der Waals surface area contributed by atoms with E-state index in [2.05, 4.69) is 5.32 Å². The fourth-order valence-corrected chi connectivity index (χ4v) is 2.15. The highest BCUT2D eigenvalue weighted by atomic mass is 16.5. The van der Waals surface area contributed by atoms with E-state index in [0.29, 0.717) is 13.2 Å². The van der Waals surface area contributed by atoms with Crippen LogP contribution in [0, 0.1) is 5.41 Å². The lowest BCUT2D eigenvalue weighted by molar-refractivity contribution is -0.124. The summed E-state index contributed by atoms with van der Waals surface area (Å²) in [6.45, 7) is 9.04. The lowest BCUT2D eigenvalue weighted by Crippen LogP contribution is -2.48. The number of aryl methyl sites for hydroxylation is 1. The van der Waals surface area contributed by atoms with E-state index >= 15 is 0 Å². The van der Waals surface area contributed by atoms with Crippen LogP contribution in [-0.2, 0) is 11.2 Å². The average molecular weight is 322 g/mol. The SMILES string of the molecule is CCOc1cc(CCCNC(=O)[C@@H](N)C(C)(C)C)ccc1OC. The Morgan fingerprint density at radius 3 is 2.57 bits per heavy atom. The summed E-state index contributed by atoms with van der Waals surface area (Å²) >= 11 is 0. The molecule has 1 rings (SSSR count). The maximum atomic E-state index is 12.0. The molecule has 1 aromatic rings. The molecule has 1 amide bonds. The molecule has 0 unspecified atom stereocenters. The first-order valence-corrected chi connectivity index (χ1v) is 8.12. The van der Waals surface area contributed by atoms with Crippen LogP contribution in [0.15, 0.2) is 18.2 Å². The largest absolute Gasteiger partial charge is 0.493 e. The minimum Gasteiger partial charge on any atom is -0.493 e. The summed E-state index contributed by atoms with van der Waals surface area (Å²) in [6, 6.07) is 5.43. The van der Waals surface area contributed by atoms with Gasteiger partial charge in [-0.15, -0.1) is 0 Å². The van der Waals surface area contributed by atoms with Crippen LogP contribution < -0.4 is 20.5 Å². The Labute approximate surface area is 139 Å². The molecule has 0 heterocycles. The number of benzene rings is 1. The first-order chi connectivity index (χ1) is 10.8. The van der Waals surface area contributed by atoms with E-state index in [1.807, 2.05) is 45.9 Å². The van der Waals surface area contributed by atoms with Crippen LogP contribution in [-0.4, -0.2) is 32.2 Å². The summed E-state index contributed by atoms with van der Waals surface area (Å²) in [6.07, 6.45) is 1.70. The maximum absolute atomic E-state index is 12.0. The molecule has 1 aromatic carbocycles. The van der Waals surface area contributed by atoms with Crippen LogP contribution in [0.5, 0.6) is 11.5 Å². The van der Waals surface area contributed by atoms with Crippen LogP contribution in [0.25, 0.3) is 0 Å². The Kier molecular flexibility index (Phi) is 7.36. The van der Waals surface area contributed by atoms with Gasteiger partial charge in [0, 0.05) is 6.54 Å². The molecule has 3 N–H and O–H groups in total. The minimum atomic E-state index is -0.493. The number of nitrogens with two attached hydrogens (primary N) is 1. The molecule has 0 saturated carbocycles. The summed E-state index contributed by atoms with van der Waals surface area (Å²) in [5, 5.41) is 2.90. The van der Waals surface area contributed by atoms with Gasteiger partial charge >= 0.3 is 0 Å². The first-order valence-electron chi connectivity index (χ1n) is 8.12. The molecule has 0 fully saturated rings. The van der Waals surface area contributed by atoms with Crippen molar-refractivity contribution in [3.8, 4) is 11.5 Å². The topological polar surface area (TPSA) is 73.6 Å². The molecule has 0 saturated heterocycles. The van der Waals surface area contributed by atoms with Crippen molar-refractivity contribution in [2.24, 2.45) is 11.1 Å². The van der Waals surface area contributed by atoms with E-state index in [-0.39, 0.29) is 11.3 Å². The number of carbonyl (C=O) groups is 1. The van der Waals surface area contributed by atoms with Crippen molar-refractivity contribution in [1.82, 2.24) is 5.32 Å². The summed E-state index contributed by atoms with van der Waals surface area (Å²) in [5.41, 5.74) is 6.86. The van der Waals surface area contributed by atoms with Gasteiger partial charge in [-0.2, -0.15) is 0 Å². The molecule has 5 nitrogen and oxygen atoms in total. The Balaban J connectivity index is 2.47. The molecule has 0 aliphatic rings. The Morgan fingerprint density at radius 2 is 2.00 bits per heavy atom. The number of nitrogens with one attached hydrogen (secondary N) is 1. The van der Waals surface area contributed by atoms with Crippen LogP contribution >= 0.6 is 0 Å². The molecule has 5 heteroatoms. The van der Waals surface area contributed by atoms with E-state index in [4.69, 9.17) is 15.2 Å². The van der Waals surface area contributed by atoms with Crippen molar-refractivity contribution >= 4 is 5.91 Å². The Morgan fingerprint density at radius 1 is 1.30 bits per heavy atom. The van der Waals surface area contributed by atoms with Gasteiger partial charge < -0.3 is 20.5 Å². The number of amides is 1. The maximum Gasteiger partial charge on any atom is 0.237 e. The van der Waals surface area contributed by atoms with E-state index in [0.717, 1.165) is 29.9 Å². The standard InChI is InChI=1S/C18H30N2O3/c1-6-23-15-12-13(9-10-14(15)22-5)8-7-11-20-17(21)16(19)18(2,3)4/h9-10,12,16H,6-8,11,19H2,1-5H3,(H,20,21)/t16-/m1/s1. The highest BCUT2D eigenvalue weighted by Gasteiger charge is 2.26. The number of hydrogen-bond acceptors (Lipinski definition) is 4. The van der Waals surface area contributed by atoms with Gasteiger partial charge in [0.1, 0.15) is 0 Å². The number of carbonyl (C=O) groups excluding carboxylic acids is 1. The third kappa shape index (κ3) is 6.10.